The van der Waals surface area contributed by atoms with Crippen LogP contribution in [0.5, 0.6) is 0 Å². The molecule has 2 fully saturated rings. The zero-order chi connectivity index (χ0) is 32.6. The van der Waals surface area contributed by atoms with E-state index in [-0.39, 0.29) is 30.1 Å². The molecule has 3 aromatic carbocycles. The van der Waals surface area contributed by atoms with Crippen LogP contribution >= 0.6 is 0 Å². The first kappa shape index (κ1) is 32.5. The van der Waals surface area contributed by atoms with Gasteiger partial charge in [-0.15, -0.1) is 0 Å². The number of benzene rings is 3. The fraction of sp³-hybridized carbons (Fsp3) is 0.394. The summed E-state index contributed by atoms with van der Waals surface area (Å²) in [4.78, 5) is 30.3. The van der Waals surface area contributed by atoms with Crippen LogP contribution in [0.4, 0.5) is 36.4 Å². The van der Waals surface area contributed by atoms with Crippen LogP contribution in [0.2, 0.25) is 0 Å². The van der Waals surface area contributed by atoms with Crippen molar-refractivity contribution in [2.24, 2.45) is 0 Å². The predicted molar refractivity (Wildman–Crippen MR) is 154 cm³/mol. The monoisotopic (exact) mass is 635 g/mol. The Morgan fingerprint density at radius 3 is 1.98 bits per heavy atom. The van der Waals surface area contributed by atoms with E-state index in [9.17, 15) is 40.3 Å². The van der Waals surface area contributed by atoms with Crippen molar-refractivity contribution in [1.29, 1.82) is 0 Å². The second kappa shape index (κ2) is 12.5. The van der Waals surface area contributed by atoms with Crippen molar-refractivity contribution in [2.45, 2.75) is 62.5 Å². The molecule has 1 heterocycles. The third-order valence-corrected chi connectivity index (χ3v) is 8.91. The minimum atomic E-state index is -5.03. The van der Waals surface area contributed by atoms with E-state index in [2.05, 4.69) is 10.2 Å². The zero-order valence-corrected chi connectivity index (χ0v) is 24.4. The molecule has 1 saturated carbocycles. The molecular weight excluding hydrogens is 603 g/mol. The Bertz CT molecular complexity index is 1480. The average molecular weight is 636 g/mol. The summed E-state index contributed by atoms with van der Waals surface area (Å²) in [5, 5.41) is 3.00. The van der Waals surface area contributed by atoms with Gasteiger partial charge in [0, 0.05) is 24.8 Å². The van der Waals surface area contributed by atoms with Gasteiger partial charge in [-0.1, -0.05) is 30.3 Å². The number of hydrogen-bond donors (Lipinski definition) is 1. The summed E-state index contributed by atoms with van der Waals surface area (Å²) in [6.07, 6.45) is -7.97. The van der Waals surface area contributed by atoms with Gasteiger partial charge in [0.25, 0.3) is 0 Å². The van der Waals surface area contributed by atoms with Crippen LogP contribution < -0.4 is 10.2 Å². The Labute approximate surface area is 256 Å². The maximum Gasteiger partial charge on any atom is 0.416 e. The lowest BCUT2D eigenvalue weighted by Gasteiger charge is -2.46. The molecule has 1 atom stereocenters. The van der Waals surface area contributed by atoms with E-state index in [4.69, 9.17) is 0 Å². The lowest BCUT2D eigenvalue weighted by molar-refractivity contribution is -0.143. The lowest BCUT2D eigenvalue weighted by atomic mass is 9.74. The number of rotatable bonds is 6. The normalized spacial score (nSPS) is 22.3. The maximum atomic E-state index is 13.6. The van der Waals surface area contributed by atoms with Gasteiger partial charge < -0.3 is 10.2 Å². The smallest absolute Gasteiger partial charge is 0.346 e. The van der Waals surface area contributed by atoms with Crippen molar-refractivity contribution in [1.82, 2.24) is 10.2 Å². The highest BCUT2D eigenvalue weighted by atomic mass is 19.4. The van der Waals surface area contributed by atoms with Gasteiger partial charge in [-0.2, -0.15) is 26.3 Å². The Kier molecular flexibility index (Phi) is 8.99. The molecule has 1 saturated heterocycles. The van der Waals surface area contributed by atoms with E-state index in [0.29, 0.717) is 56.6 Å². The molecule has 2 amide bonds. The van der Waals surface area contributed by atoms with Gasteiger partial charge in [-0.05, 0) is 86.2 Å². The molecule has 1 aliphatic carbocycles. The number of carbonyl (C=O) groups excluding carboxylic acids is 2. The summed E-state index contributed by atoms with van der Waals surface area (Å²) in [5.74, 6) is -2.50. The van der Waals surface area contributed by atoms with E-state index < -0.39 is 46.7 Å². The van der Waals surface area contributed by atoms with E-state index in [0.717, 1.165) is 5.56 Å². The third kappa shape index (κ3) is 7.16. The summed E-state index contributed by atoms with van der Waals surface area (Å²) in [7, 11) is 0. The molecule has 0 unspecified atom stereocenters. The summed E-state index contributed by atoms with van der Waals surface area (Å²) in [6, 6.07) is 16.1. The minimum Gasteiger partial charge on any atom is -0.346 e. The third-order valence-electron chi connectivity index (χ3n) is 8.91. The maximum absolute atomic E-state index is 13.6. The summed E-state index contributed by atoms with van der Waals surface area (Å²) >= 11 is 0. The molecule has 0 bridgehead atoms. The molecule has 0 radical (unpaired) electrons. The van der Waals surface area contributed by atoms with Crippen LogP contribution in [0, 0.1) is 5.82 Å². The number of amides is 2. The van der Waals surface area contributed by atoms with Gasteiger partial charge in [-0.25, -0.2) is 4.39 Å². The Hall–Kier alpha value is -3.93. The summed E-state index contributed by atoms with van der Waals surface area (Å²) in [5.41, 5.74) is -2.84. The predicted octanol–water partition coefficient (Wildman–Crippen LogP) is 7.27. The van der Waals surface area contributed by atoms with Crippen molar-refractivity contribution < 1.29 is 40.3 Å². The first-order valence-electron chi connectivity index (χ1n) is 14.6. The lowest BCUT2D eigenvalue weighted by Crippen LogP contribution is -2.57. The topological polar surface area (TPSA) is 52.7 Å². The van der Waals surface area contributed by atoms with Crippen LogP contribution in [0.1, 0.15) is 60.8 Å². The first-order chi connectivity index (χ1) is 21.2. The largest absolute Gasteiger partial charge is 0.416 e. The van der Waals surface area contributed by atoms with Gasteiger partial charge >= 0.3 is 12.4 Å². The Balaban J connectivity index is 1.32. The second-order valence-electron chi connectivity index (χ2n) is 11.7. The molecule has 3 aromatic rings. The summed E-state index contributed by atoms with van der Waals surface area (Å²) < 4.78 is 94.2. The van der Waals surface area contributed by atoms with Gasteiger partial charge in [0.05, 0.1) is 29.1 Å². The van der Waals surface area contributed by atoms with Gasteiger partial charge in [-0.3, -0.25) is 14.5 Å². The number of carbonyl (C=O) groups is 2. The van der Waals surface area contributed by atoms with Crippen molar-refractivity contribution in [3.63, 3.8) is 0 Å². The van der Waals surface area contributed by atoms with Crippen molar-refractivity contribution in [2.75, 3.05) is 24.5 Å². The number of halogens is 7. The molecule has 0 spiro atoms. The van der Waals surface area contributed by atoms with Crippen molar-refractivity contribution in [3.8, 4) is 0 Å². The fourth-order valence-electron chi connectivity index (χ4n) is 6.33. The van der Waals surface area contributed by atoms with Crippen LogP contribution in [0.3, 0.4) is 0 Å². The van der Waals surface area contributed by atoms with Gasteiger partial charge in [0.1, 0.15) is 5.82 Å². The van der Waals surface area contributed by atoms with Crippen LogP contribution in [-0.2, 0) is 27.5 Å². The standard InChI is InChI=1S/C33H32F7N3O2/c1-21(22-17-24(32(35,36)37)19-25(18-22)33(38,39)40)30(45)41-31(23-5-3-2-4-6-23)13-11-27(12-14-31)42-15-16-43(29(44)20-42)28-9-7-26(34)8-10-28/h2-10,17-19,21,27H,11-16,20H2,1H3,(H,41,45)/t21-,27-,31-/m0/s1. The quantitative estimate of drug-likeness (QED) is 0.290. The number of anilines is 1. The van der Waals surface area contributed by atoms with Crippen LogP contribution in [0.25, 0.3) is 0 Å². The highest BCUT2D eigenvalue weighted by molar-refractivity contribution is 5.95. The molecule has 45 heavy (non-hydrogen) atoms. The average Bonchev–Trinajstić information content (AvgIpc) is 3.01. The molecule has 1 N–H and O–H groups in total. The minimum absolute atomic E-state index is 0.0216. The zero-order valence-electron chi connectivity index (χ0n) is 24.4. The van der Waals surface area contributed by atoms with E-state index in [1.807, 2.05) is 12.1 Å². The van der Waals surface area contributed by atoms with Gasteiger partial charge in [0.15, 0.2) is 0 Å². The van der Waals surface area contributed by atoms with Crippen LogP contribution in [-0.4, -0.2) is 42.4 Å². The highest BCUT2D eigenvalue weighted by Gasteiger charge is 2.42. The molecular formula is C33H32F7N3O2. The second-order valence-corrected chi connectivity index (χ2v) is 11.7. The molecule has 2 aliphatic rings. The SMILES string of the molecule is C[C@H](C(=O)N[C@]1(c2ccccc2)CC[C@@H](N2CCN(c3ccc(F)cc3)C(=O)C2)CC1)c1cc(C(F)(F)F)cc(C(F)(F)F)c1. The first-order valence-corrected chi connectivity index (χ1v) is 14.6. The van der Waals surface area contributed by atoms with E-state index in [1.54, 1.807) is 35.2 Å². The molecule has 0 aromatic heterocycles. The number of nitrogens with one attached hydrogen (secondary N) is 1. The van der Waals surface area contributed by atoms with Gasteiger partial charge in [0.2, 0.25) is 11.8 Å². The highest BCUT2D eigenvalue weighted by Crippen LogP contribution is 2.41. The molecule has 5 nitrogen and oxygen atoms in total. The Morgan fingerprint density at radius 2 is 1.44 bits per heavy atom. The summed E-state index contributed by atoms with van der Waals surface area (Å²) in [6.45, 7) is 2.48. The number of piperazine rings is 1. The van der Waals surface area contributed by atoms with Crippen LogP contribution in [0.15, 0.2) is 72.8 Å². The van der Waals surface area contributed by atoms with E-state index >= 15 is 0 Å². The molecule has 240 valence electrons. The van der Waals surface area contributed by atoms with Crippen molar-refractivity contribution in [3.05, 3.63) is 101 Å². The number of nitrogens with zero attached hydrogens (tertiary/aromatic N) is 2. The van der Waals surface area contributed by atoms with Crippen molar-refractivity contribution >= 4 is 17.5 Å². The number of alkyl halides is 6. The number of hydrogen-bond acceptors (Lipinski definition) is 3. The van der Waals surface area contributed by atoms with E-state index in [1.165, 1.54) is 19.1 Å². The molecule has 5 rings (SSSR count). The Morgan fingerprint density at radius 1 is 0.867 bits per heavy atom. The molecule has 12 heteroatoms. The fourth-order valence-corrected chi connectivity index (χ4v) is 6.33. The molecule has 1 aliphatic heterocycles.